The first-order valence-corrected chi connectivity index (χ1v) is 5.89. The predicted octanol–water partition coefficient (Wildman–Crippen LogP) is 3.78. The van der Waals surface area contributed by atoms with Crippen LogP contribution in [0.3, 0.4) is 0 Å². The van der Waals surface area contributed by atoms with Gasteiger partial charge in [0, 0.05) is 11.8 Å². The molecule has 2 aromatic rings. The van der Waals surface area contributed by atoms with E-state index < -0.39 is 0 Å². The van der Waals surface area contributed by atoms with Crippen molar-refractivity contribution in [2.24, 2.45) is 0 Å². The van der Waals surface area contributed by atoms with Crippen LogP contribution < -0.4 is 10.3 Å². The van der Waals surface area contributed by atoms with Crippen molar-refractivity contribution < 1.29 is 4.84 Å². The molecule has 0 spiro atoms. The number of para-hydroxylation sites is 1. The minimum absolute atomic E-state index is 0.824. The third-order valence-electron chi connectivity index (χ3n) is 2.86. The lowest BCUT2D eigenvalue weighted by Gasteiger charge is -2.13. The normalized spacial score (nSPS) is 12.9. The molecular formula is C16H13NO. The first kappa shape index (κ1) is 10.7. The Bertz CT molecular complexity index is 614. The Balaban J connectivity index is 2.23. The monoisotopic (exact) mass is 235 g/mol. The lowest BCUT2D eigenvalue weighted by atomic mass is 9.98. The van der Waals surface area contributed by atoms with Crippen molar-refractivity contribution in [1.82, 2.24) is 5.48 Å². The van der Waals surface area contributed by atoms with Gasteiger partial charge in [0.05, 0.1) is 0 Å². The van der Waals surface area contributed by atoms with E-state index in [9.17, 15) is 0 Å². The fraction of sp³-hybridized carbons (Fsp3) is 0. The average Bonchev–Trinajstić information content (AvgIpc) is 2.44. The summed E-state index contributed by atoms with van der Waals surface area (Å²) in [4.78, 5) is 5.55. The molecule has 88 valence electrons. The Morgan fingerprint density at radius 3 is 2.50 bits per heavy atom. The summed E-state index contributed by atoms with van der Waals surface area (Å²) in [6.07, 6.45) is 7.75. The second-order valence-electron chi connectivity index (χ2n) is 4.02. The fourth-order valence-corrected chi connectivity index (χ4v) is 2.02. The lowest BCUT2D eigenvalue weighted by molar-refractivity contribution is 0.244. The Labute approximate surface area is 106 Å². The van der Waals surface area contributed by atoms with E-state index in [1.807, 2.05) is 42.5 Å². The number of hydroxylamine groups is 1. The van der Waals surface area contributed by atoms with Gasteiger partial charge in [0.2, 0.25) is 0 Å². The number of allylic oxidation sites excluding steroid dienone is 2. The maximum atomic E-state index is 5.55. The highest BCUT2D eigenvalue weighted by molar-refractivity contribution is 5.79. The zero-order chi connectivity index (χ0) is 12.2. The van der Waals surface area contributed by atoms with Crippen molar-refractivity contribution in [1.29, 1.82) is 0 Å². The van der Waals surface area contributed by atoms with Crippen LogP contribution in [0.2, 0.25) is 0 Å². The van der Waals surface area contributed by atoms with Gasteiger partial charge >= 0.3 is 0 Å². The lowest BCUT2D eigenvalue weighted by Crippen LogP contribution is -2.11. The summed E-state index contributed by atoms with van der Waals surface area (Å²) in [5, 5.41) is 0. The Morgan fingerprint density at radius 1 is 0.778 bits per heavy atom. The van der Waals surface area contributed by atoms with Crippen LogP contribution in [-0.2, 0) is 0 Å². The second kappa shape index (κ2) is 4.80. The largest absolute Gasteiger partial charge is 0.382 e. The van der Waals surface area contributed by atoms with Gasteiger partial charge in [0.1, 0.15) is 0 Å². The number of rotatable bonds is 0. The third-order valence-corrected chi connectivity index (χ3v) is 2.86. The summed E-state index contributed by atoms with van der Waals surface area (Å²) in [5.74, 6) is 0.824. The molecule has 0 bridgehead atoms. The van der Waals surface area contributed by atoms with Crippen molar-refractivity contribution >= 4 is 6.08 Å². The van der Waals surface area contributed by atoms with Crippen LogP contribution in [0.1, 0.15) is 5.56 Å². The summed E-state index contributed by atoms with van der Waals surface area (Å²) in [6.45, 7) is 0. The van der Waals surface area contributed by atoms with Crippen molar-refractivity contribution in [2.75, 3.05) is 0 Å². The Morgan fingerprint density at radius 2 is 1.56 bits per heavy atom. The highest BCUT2D eigenvalue weighted by atomic mass is 16.6. The Hall–Kier alpha value is -2.48. The van der Waals surface area contributed by atoms with E-state index in [0.29, 0.717) is 0 Å². The molecular weight excluding hydrogens is 222 g/mol. The molecule has 2 heteroatoms. The van der Waals surface area contributed by atoms with Crippen LogP contribution in [0.4, 0.5) is 0 Å². The molecule has 0 saturated carbocycles. The molecule has 3 rings (SSSR count). The first-order chi connectivity index (χ1) is 8.95. The summed E-state index contributed by atoms with van der Waals surface area (Å²) in [6, 6.07) is 16.3. The minimum atomic E-state index is 0.824. The van der Waals surface area contributed by atoms with Crippen molar-refractivity contribution in [2.45, 2.75) is 0 Å². The number of benzene rings is 2. The zero-order valence-electron chi connectivity index (χ0n) is 9.84. The fourth-order valence-electron chi connectivity index (χ4n) is 2.02. The number of hydrogen-bond donors (Lipinski definition) is 1. The van der Waals surface area contributed by atoms with Crippen LogP contribution >= 0.6 is 0 Å². The third kappa shape index (κ3) is 2.00. The van der Waals surface area contributed by atoms with Gasteiger partial charge in [0.25, 0.3) is 0 Å². The molecule has 0 atom stereocenters. The number of nitrogens with one attached hydrogen (secondary N) is 1. The topological polar surface area (TPSA) is 21.3 Å². The maximum absolute atomic E-state index is 5.55. The molecule has 0 aromatic heterocycles. The van der Waals surface area contributed by atoms with Crippen LogP contribution in [-0.4, -0.2) is 0 Å². The summed E-state index contributed by atoms with van der Waals surface area (Å²) < 4.78 is 0. The van der Waals surface area contributed by atoms with E-state index in [-0.39, 0.29) is 0 Å². The predicted molar refractivity (Wildman–Crippen MR) is 73.8 cm³/mol. The van der Waals surface area contributed by atoms with E-state index in [1.165, 1.54) is 11.1 Å². The Kier molecular flexibility index (Phi) is 2.84. The average molecular weight is 235 g/mol. The summed E-state index contributed by atoms with van der Waals surface area (Å²) in [5.41, 5.74) is 6.24. The van der Waals surface area contributed by atoms with Crippen LogP contribution in [0.25, 0.3) is 17.2 Å². The standard InChI is InChI=1S/C16H13NO/c1-2-9-14-13(7-1)8-5-6-12-17-18-16-11-4-3-10-15(14)16/h1-12,17H. The molecule has 1 aliphatic rings. The molecule has 1 N–H and O–H groups in total. The molecule has 2 aromatic carbocycles. The molecule has 2 nitrogen and oxygen atoms in total. The van der Waals surface area contributed by atoms with Gasteiger partial charge in [-0.3, -0.25) is 0 Å². The number of fused-ring (bicyclic) bond motifs is 3. The summed E-state index contributed by atoms with van der Waals surface area (Å²) in [7, 11) is 0. The molecule has 0 amide bonds. The van der Waals surface area contributed by atoms with E-state index in [1.54, 1.807) is 6.20 Å². The van der Waals surface area contributed by atoms with Gasteiger partial charge in [-0.1, -0.05) is 54.6 Å². The second-order valence-corrected chi connectivity index (χ2v) is 4.02. The molecule has 0 unspecified atom stereocenters. The van der Waals surface area contributed by atoms with Crippen LogP contribution in [0, 0.1) is 0 Å². The molecule has 0 saturated heterocycles. The zero-order valence-corrected chi connectivity index (χ0v) is 9.84. The van der Waals surface area contributed by atoms with Gasteiger partial charge in [-0.05, 0) is 23.3 Å². The van der Waals surface area contributed by atoms with Crippen LogP contribution in [0.5, 0.6) is 5.75 Å². The van der Waals surface area contributed by atoms with Gasteiger partial charge in [-0.2, -0.15) is 0 Å². The molecule has 18 heavy (non-hydrogen) atoms. The quantitative estimate of drug-likeness (QED) is 0.750. The van der Waals surface area contributed by atoms with Crippen molar-refractivity contribution in [3.63, 3.8) is 0 Å². The smallest absolute Gasteiger partial charge is 0.162 e. The van der Waals surface area contributed by atoms with Gasteiger partial charge in [-0.15, -0.1) is 0 Å². The van der Waals surface area contributed by atoms with E-state index >= 15 is 0 Å². The highest BCUT2D eigenvalue weighted by Crippen LogP contribution is 2.32. The van der Waals surface area contributed by atoms with Crippen LogP contribution in [0.15, 0.2) is 66.9 Å². The maximum Gasteiger partial charge on any atom is 0.162 e. The van der Waals surface area contributed by atoms with Gasteiger partial charge in [0.15, 0.2) is 5.75 Å². The van der Waals surface area contributed by atoms with Crippen molar-refractivity contribution in [3.8, 4) is 16.9 Å². The minimum Gasteiger partial charge on any atom is -0.382 e. The van der Waals surface area contributed by atoms with Crippen molar-refractivity contribution in [3.05, 3.63) is 72.4 Å². The summed E-state index contributed by atoms with van der Waals surface area (Å²) >= 11 is 0. The van der Waals surface area contributed by atoms with E-state index in [2.05, 4.69) is 29.8 Å². The van der Waals surface area contributed by atoms with Gasteiger partial charge in [-0.25, -0.2) is 5.48 Å². The number of hydrogen-bond acceptors (Lipinski definition) is 2. The molecule has 1 heterocycles. The first-order valence-electron chi connectivity index (χ1n) is 5.89. The SMILES string of the molecule is C1=CNOc2ccccc2-c2ccccc2C=C1. The van der Waals surface area contributed by atoms with Gasteiger partial charge < -0.3 is 4.84 Å². The van der Waals surface area contributed by atoms with E-state index in [0.717, 1.165) is 11.3 Å². The molecule has 1 aliphatic heterocycles. The molecule has 0 radical (unpaired) electrons. The highest BCUT2D eigenvalue weighted by Gasteiger charge is 2.08. The molecule has 0 fully saturated rings. The molecule has 0 aliphatic carbocycles. The van der Waals surface area contributed by atoms with E-state index in [4.69, 9.17) is 4.84 Å².